The number of rotatable bonds is 5. The molecule has 0 bridgehead atoms. The van der Waals surface area contributed by atoms with Crippen LogP contribution in [0.1, 0.15) is 0 Å². The standard InChI is InChI=1S/C11H17N3O7/c1-12-10(19)7-6-21-3-2-14(7)11(20)13(4-8(15)16)5-9(17)18/h7H,2-6H2,1H3,(H,12,19)(H,15,16)(H,17,18). The van der Waals surface area contributed by atoms with Crippen LogP contribution < -0.4 is 5.32 Å². The Kier molecular flexibility index (Phi) is 5.91. The van der Waals surface area contributed by atoms with Crippen molar-refractivity contribution in [2.45, 2.75) is 6.04 Å². The van der Waals surface area contributed by atoms with Gasteiger partial charge in [0.15, 0.2) is 0 Å². The van der Waals surface area contributed by atoms with Crippen LogP contribution in [-0.2, 0) is 19.1 Å². The summed E-state index contributed by atoms with van der Waals surface area (Å²) in [4.78, 5) is 47.3. The number of carboxylic acids is 2. The van der Waals surface area contributed by atoms with Crippen LogP contribution >= 0.6 is 0 Å². The van der Waals surface area contributed by atoms with Crippen LogP contribution in [0, 0.1) is 0 Å². The van der Waals surface area contributed by atoms with Crippen molar-refractivity contribution in [3.05, 3.63) is 0 Å². The second kappa shape index (κ2) is 7.43. The zero-order valence-corrected chi connectivity index (χ0v) is 11.4. The molecule has 1 aliphatic rings. The minimum atomic E-state index is -1.34. The van der Waals surface area contributed by atoms with E-state index in [1.807, 2.05) is 0 Å². The molecule has 1 fully saturated rings. The predicted octanol–water partition coefficient (Wildman–Crippen LogP) is -1.98. The number of carbonyl (C=O) groups is 4. The fourth-order valence-corrected chi connectivity index (χ4v) is 1.92. The molecule has 0 spiro atoms. The van der Waals surface area contributed by atoms with Gasteiger partial charge in [-0.2, -0.15) is 0 Å². The van der Waals surface area contributed by atoms with Gasteiger partial charge in [0.25, 0.3) is 0 Å². The molecular formula is C11H17N3O7. The number of carboxylic acid groups (broad SMARTS) is 2. The smallest absolute Gasteiger partial charge is 0.323 e. The number of nitrogens with one attached hydrogen (secondary N) is 1. The summed E-state index contributed by atoms with van der Waals surface area (Å²) in [5, 5.41) is 19.9. The third kappa shape index (κ3) is 4.60. The number of aliphatic carboxylic acids is 2. The fourth-order valence-electron chi connectivity index (χ4n) is 1.92. The molecule has 1 atom stereocenters. The second-order valence-electron chi connectivity index (χ2n) is 4.32. The molecule has 1 aliphatic heterocycles. The quantitative estimate of drug-likeness (QED) is 0.535. The first kappa shape index (κ1) is 16.7. The largest absolute Gasteiger partial charge is 0.480 e. The van der Waals surface area contributed by atoms with Gasteiger partial charge in [-0.1, -0.05) is 0 Å². The van der Waals surface area contributed by atoms with E-state index in [4.69, 9.17) is 14.9 Å². The molecule has 3 amide bonds. The molecule has 0 saturated carbocycles. The molecule has 0 aliphatic carbocycles. The number of urea groups is 1. The Hall–Kier alpha value is -2.36. The normalized spacial score (nSPS) is 18.0. The van der Waals surface area contributed by atoms with Gasteiger partial charge in [0.2, 0.25) is 5.91 Å². The molecule has 0 aromatic heterocycles. The van der Waals surface area contributed by atoms with Gasteiger partial charge >= 0.3 is 18.0 Å². The number of nitrogens with zero attached hydrogens (tertiary/aromatic N) is 2. The van der Waals surface area contributed by atoms with Crippen LogP contribution in [0.3, 0.4) is 0 Å². The maximum Gasteiger partial charge on any atom is 0.323 e. The van der Waals surface area contributed by atoms with E-state index >= 15 is 0 Å². The predicted molar refractivity (Wildman–Crippen MR) is 67.6 cm³/mol. The summed E-state index contributed by atoms with van der Waals surface area (Å²) in [6, 6.07) is -1.74. The molecule has 10 nitrogen and oxygen atoms in total. The van der Waals surface area contributed by atoms with Gasteiger partial charge < -0.3 is 30.1 Å². The summed E-state index contributed by atoms with van der Waals surface area (Å²) in [5.74, 6) is -3.14. The van der Waals surface area contributed by atoms with Gasteiger partial charge in [0, 0.05) is 13.6 Å². The van der Waals surface area contributed by atoms with Crippen molar-refractivity contribution in [3.8, 4) is 0 Å². The van der Waals surface area contributed by atoms with Crippen LogP contribution in [0.4, 0.5) is 4.79 Å². The van der Waals surface area contributed by atoms with Crippen LogP contribution in [0.2, 0.25) is 0 Å². The van der Waals surface area contributed by atoms with E-state index in [0.717, 1.165) is 4.90 Å². The molecule has 0 radical (unpaired) electrons. The molecule has 1 saturated heterocycles. The summed E-state index contributed by atoms with van der Waals surface area (Å²) in [6.07, 6.45) is 0. The highest BCUT2D eigenvalue weighted by Gasteiger charge is 2.35. The minimum absolute atomic E-state index is 0.0284. The number of amides is 3. The fraction of sp³-hybridized carbons (Fsp3) is 0.636. The Morgan fingerprint density at radius 2 is 1.81 bits per heavy atom. The first-order valence-corrected chi connectivity index (χ1v) is 6.15. The summed E-state index contributed by atoms with van der Waals surface area (Å²) < 4.78 is 5.12. The molecule has 118 valence electrons. The summed E-state index contributed by atoms with van der Waals surface area (Å²) in [7, 11) is 1.39. The zero-order valence-electron chi connectivity index (χ0n) is 11.4. The third-order valence-corrected chi connectivity index (χ3v) is 2.85. The molecule has 3 N–H and O–H groups in total. The first-order valence-electron chi connectivity index (χ1n) is 6.15. The molecule has 1 unspecified atom stereocenters. The highest BCUT2D eigenvalue weighted by atomic mass is 16.5. The zero-order chi connectivity index (χ0) is 16.0. The molecule has 21 heavy (non-hydrogen) atoms. The Labute approximate surface area is 120 Å². The van der Waals surface area contributed by atoms with E-state index in [9.17, 15) is 19.2 Å². The average Bonchev–Trinajstić information content (AvgIpc) is 2.44. The van der Waals surface area contributed by atoms with Crippen molar-refractivity contribution in [1.82, 2.24) is 15.1 Å². The van der Waals surface area contributed by atoms with E-state index in [1.165, 1.54) is 7.05 Å². The van der Waals surface area contributed by atoms with E-state index in [0.29, 0.717) is 4.90 Å². The number of hydrogen-bond acceptors (Lipinski definition) is 5. The van der Waals surface area contributed by atoms with Gasteiger partial charge in [-0.25, -0.2) is 4.79 Å². The molecule has 1 rings (SSSR count). The number of likely N-dealkylation sites (N-methyl/N-ethyl adjacent to an activating group) is 1. The van der Waals surface area contributed by atoms with E-state index in [-0.39, 0.29) is 19.8 Å². The number of morpholine rings is 1. The van der Waals surface area contributed by atoms with Crippen LogP contribution in [0.25, 0.3) is 0 Å². The highest BCUT2D eigenvalue weighted by Crippen LogP contribution is 2.11. The van der Waals surface area contributed by atoms with Gasteiger partial charge in [-0.15, -0.1) is 0 Å². The van der Waals surface area contributed by atoms with E-state index < -0.39 is 43.0 Å². The van der Waals surface area contributed by atoms with Gasteiger partial charge in [-0.3, -0.25) is 14.4 Å². The van der Waals surface area contributed by atoms with Crippen molar-refractivity contribution in [2.75, 3.05) is 39.9 Å². The second-order valence-corrected chi connectivity index (χ2v) is 4.32. The minimum Gasteiger partial charge on any atom is -0.480 e. The monoisotopic (exact) mass is 303 g/mol. The lowest BCUT2D eigenvalue weighted by molar-refractivity contribution is -0.141. The van der Waals surface area contributed by atoms with Crippen molar-refractivity contribution < 1.29 is 34.1 Å². The van der Waals surface area contributed by atoms with Gasteiger partial charge in [-0.05, 0) is 0 Å². The van der Waals surface area contributed by atoms with E-state index in [2.05, 4.69) is 5.32 Å². The number of hydrogen-bond donors (Lipinski definition) is 3. The average molecular weight is 303 g/mol. The van der Waals surface area contributed by atoms with Crippen molar-refractivity contribution in [1.29, 1.82) is 0 Å². The Bertz CT molecular complexity index is 424. The molecular weight excluding hydrogens is 286 g/mol. The molecule has 10 heteroatoms. The molecule has 1 heterocycles. The van der Waals surface area contributed by atoms with Gasteiger partial charge in [0.1, 0.15) is 19.1 Å². The van der Waals surface area contributed by atoms with Crippen molar-refractivity contribution in [3.63, 3.8) is 0 Å². The number of ether oxygens (including phenoxy) is 1. The van der Waals surface area contributed by atoms with Crippen LogP contribution in [0.5, 0.6) is 0 Å². The Morgan fingerprint density at radius 1 is 1.24 bits per heavy atom. The van der Waals surface area contributed by atoms with Crippen molar-refractivity contribution in [2.24, 2.45) is 0 Å². The lowest BCUT2D eigenvalue weighted by atomic mass is 10.2. The molecule has 0 aromatic rings. The Balaban J connectivity index is 2.90. The lowest BCUT2D eigenvalue weighted by Gasteiger charge is -2.36. The van der Waals surface area contributed by atoms with Gasteiger partial charge in [0.05, 0.1) is 13.2 Å². The van der Waals surface area contributed by atoms with Crippen molar-refractivity contribution >= 4 is 23.9 Å². The maximum absolute atomic E-state index is 12.3. The topological polar surface area (TPSA) is 136 Å². The molecule has 0 aromatic carbocycles. The lowest BCUT2D eigenvalue weighted by Crippen LogP contribution is -2.59. The van der Waals surface area contributed by atoms with Crippen LogP contribution in [-0.4, -0.2) is 89.8 Å². The van der Waals surface area contributed by atoms with Crippen LogP contribution in [0.15, 0.2) is 0 Å². The summed E-state index contributed by atoms with van der Waals surface area (Å²) in [5.41, 5.74) is 0. The SMILES string of the molecule is CNC(=O)C1COCCN1C(=O)N(CC(=O)O)CC(=O)O. The summed E-state index contributed by atoms with van der Waals surface area (Å²) >= 11 is 0. The maximum atomic E-state index is 12.3. The first-order chi connectivity index (χ1) is 9.86. The van der Waals surface area contributed by atoms with E-state index in [1.54, 1.807) is 0 Å². The number of carbonyl (C=O) groups excluding carboxylic acids is 2. The Morgan fingerprint density at radius 3 is 2.29 bits per heavy atom. The third-order valence-electron chi connectivity index (χ3n) is 2.85. The summed E-state index contributed by atoms with van der Waals surface area (Å²) in [6.45, 7) is -1.29. The highest BCUT2D eigenvalue weighted by molar-refractivity contribution is 5.89.